The summed E-state index contributed by atoms with van der Waals surface area (Å²) in [6, 6.07) is 0. The maximum atomic E-state index is 11.6. The van der Waals surface area contributed by atoms with Crippen molar-refractivity contribution in [3.8, 4) is 0 Å². The Kier molecular flexibility index (Phi) is 4.94. The first-order valence-corrected chi connectivity index (χ1v) is 8.06. The van der Waals surface area contributed by atoms with Crippen LogP contribution in [-0.2, 0) is 14.6 Å². The minimum atomic E-state index is -2.93. The molecule has 0 bridgehead atoms. The van der Waals surface area contributed by atoms with Crippen LogP contribution in [0.3, 0.4) is 0 Å². The predicted octanol–water partition coefficient (Wildman–Crippen LogP) is 0.225. The molecule has 0 aromatic heterocycles. The summed E-state index contributed by atoms with van der Waals surface area (Å²) < 4.78 is 22.1. The van der Waals surface area contributed by atoms with Crippen LogP contribution >= 0.6 is 0 Å². The highest BCUT2D eigenvalue weighted by Gasteiger charge is 2.30. The summed E-state index contributed by atoms with van der Waals surface area (Å²) in [5.74, 6) is 0.727. The van der Waals surface area contributed by atoms with Gasteiger partial charge in [0.05, 0.1) is 18.5 Å². The van der Waals surface area contributed by atoms with Crippen molar-refractivity contribution in [3.05, 3.63) is 0 Å². The van der Waals surface area contributed by atoms with E-state index in [9.17, 15) is 13.2 Å². The topological polar surface area (TPSA) is 66.5 Å². The molecule has 1 aliphatic rings. The third kappa shape index (κ3) is 5.04. The molecule has 1 fully saturated rings. The lowest BCUT2D eigenvalue weighted by Gasteiger charge is -2.25. The zero-order chi connectivity index (χ0) is 13.1. The number of hydrogen-bond acceptors (Lipinski definition) is 4. The molecule has 0 spiro atoms. The quantitative estimate of drug-likeness (QED) is 0.744. The van der Waals surface area contributed by atoms with Crippen LogP contribution in [0.1, 0.15) is 26.7 Å². The van der Waals surface area contributed by atoms with Crippen molar-refractivity contribution in [3.63, 3.8) is 0 Å². The van der Waals surface area contributed by atoms with Crippen molar-refractivity contribution in [2.24, 2.45) is 5.92 Å². The van der Waals surface area contributed by atoms with E-state index in [0.717, 1.165) is 6.42 Å². The zero-order valence-corrected chi connectivity index (χ0v) is 11.6. The van der Waals surface area contributed by atoms with E-state index in [-0.39, 0.29) is 17.8 Å². The van der Waals surface area contributed by atoms with Gasteiger partial charge in [-0.3, -0.25) is 10.1 Å². The lowest BCUT2D eigenvalue weighted by atomic mass is 10.1. The number of nitrogens with one attached hydrogen (secondary N) is 1. The highest BCUT2D eigenvalue weighted by molar-refractivity contribution is 7.90. The first-order valence-electron chi connectivity index (χ1n) is 6.00. The third-order valence-corrected chi connectivity index (χ3v) is 3.82. The van der Waals surface area contributed by atoms with Crippen LogP contribution in [0.5, 0.6) is 0 Å². The van der Waals surface area contributed by atoms with Crippen molar-refractivity contribution in [2.45, 2.75) is 32.9 Å². The Hall–Kier alpha value is -0.620. The van der Waals surface area contributed by atoms with Crippen molar-refractivity contribution < 1.29 is 13.2 Å². The lowest BCUT2D eigenvalue weighted by molar-refractivity contribution is -0.128. The van der Waals surface area contributed by atoms with E-state index in [1.165, 1.54) is 6.26 Å². The van der Waals surface area contributed by atoms with Crippen LogP contribution in [0.2, 0.25) is 0 Å². The van der Waals surface area contributed by atoms with Gasteiger partial charge in [0.1, 0.15) is 9.84 Å². The molecule has 1 unspecified atom stereocenters. The number of amides is 1. The van der Waals surface area contributed by atoms with Gasteiger partial charge >= 0.3 is 0 Å². The number of rotatable bonds is 6. The molecule has 0 aromatic carbocycles. The minimum absolute atomic E-state index is 0.0714. The highest BCUT2D eigenvalue weighted by Crippen LogP contribution is 2.14. The Morgan fingerprint density at radius 1 is 1.47 bits per heavy atom. The summed E-state index contributed by atoms with van der Waals surface area (Å²) in [7, 11) is -2.93. The summed E-state index contributed by atoms with van der Waals surface area (Å²) in [5.41, 5.74) is 0. The fourth-order valence-electron chi connectivity index (χ4n) is 2.03. The fourth-order valence-corrected chi connectivity index (χ4v) is 2.68. The van der Waals surface area contributed by atoms with Crippen molar-refractivity contribution in [1.29, 1.82) is 0 Å². The molecule has 0 aliphatic carbocycles. The van der Waals surface area contributed by atoms with E-state index in [2.05, 4.69) is 19.2 Å². The molecule has 1 N–H and O–H groups in total. The lowest BCUT2D eigenvalue weighted by Crippen LogP contribution is -2.39. The molecule has 0 aromatic rings. The van der Waals surface area contributed by atoms with Crippen LogP contribution in [0.15, 0.2) is 0 Å². The van der Waals surface area contributed by atoms with Gasteiger partial charge in [0, 0.05) is 12.8 Å². The van der Waals surface area contributed by atoms with E-state index >= 15 is 0 Å². The normalized spacial score (nSPS) is 21.5. The Balaban J connectivity index is 2.45. The van der Waals surface area contributed by atoms with E-state index in [0.29, 0.717) is 25.4 Å². The number of sulfone groups is 1. The van der Waals surface area contributed by atoms with E-state index in [4.69, 9.17) is 0 Å². The zero-order valence-electron chi connectivity index (χ0n) is 10.8. The highest BCUT2D eigenvalue weighted by atomic mass is 32.2. The average Bonchev–Trinajstić information content (AvgIpc) is 2.46. The number of carbonyl (C=O) groups excluding carboxylic acids is 1. The second-order valence-corrected chi connectivity index (χ2v) is 7.36. The summed E-state index contributed by atoms with van der Waals surface area (Å²) in [6.07, 6.45) is 2.72. The Morgan fingerprint density at radius 3 is 2.65 bits per heavy atom. The van der Waals surface area contributed by atoms with Crippen LogP contribution in [0, 0.1) is 5.92 Å². The maximum Gasteiger partial charge on any atom is 0.237 e. The van der Waals surface area contributed by atoms with Crippen molar-refractivity contribution in [1.82, 2.24) is 10.2 Å². The van der Waals surface area contributed by atoms with Gasteiger partial charge in [0.2, 0.25) is 5.91 Å². The minimum Gasteiger partial charge on any atom is -0.326 e. The monoisotopic (exact) mass is 262 g/mol. The smallest absolute Gasteiger partial charge is 0.237 e. The SMILES string of the molecule is CC(C)CC1NCC(=O)N1CCCS(C)(=O)=O. The van der Waals surface area contributed by atoms with Crippen LogP contribution in [0.25, 0.3) is 0 Å². The average molecular weight is 262 g/mol. The van der Waals surface area contributed by atoms with Gasteiger partial charge in [0.15, 0.2) is 0 Å². The van der Waals surface area contributed by atoms with Crippen molar-refractivity contribution in [2.75, 3.05) is 25.1 Å². The molecule has 100 valence electrons. The van der Waals surface area contributed by atoms with Gasteiger partial charge in [-0.1, -0.05) is 13.8 Å². The summed E-state index contributed by atoms with van der Waals surface area (Å²) in [6.45, 7) is 5.12. The van der Waals surface area contributed by atoms with Gasteiger partial charge < -0.3 is 4.90 Å². The molecule has 17 heavy (non-hydrogen) atoms. The number of carbonyl (C=O) groups is 1. The molecular weight excluding hydrogens is 240 g/mol. The molecule has 0 saturated carbocycles. The summed E-state index contributed by atoms with van der Waals surface area (Å²) in [4.78, 5) is 13.4. The van der Waals surface area contributed by atoms with Crippen LogP contribution in [-0.4, -0.2) is 50.5 Å². The molecule has 1 aliphatic heterocycles. The Bertz CT molecular complexity index is 365. The number of nitrogens with zero attached hydrogens (tertiary/aromatic N) is 1. The van der Waals surface area contributed by atoms with Crippen LogP contribution in [0.4, 0.5) is 0 Å². The second kappa shape index (κ2) is 5.82. The summed E-state index contributed by atoms with van der Waals surface area (Å²) in [5, 5.41) is 3.16. The molecule has 1 heterocycles. The first kappa shape index (κ1) is 14.4. The molecule has 6 heteroatoms. The standard InChI is InChI=1S/C11H22N2O3S/c1-9(2)7-10-12-8-11(14)13(10)5-4-6-17(3,15)16/h9-10,12H,4-8H2,1-3H3. The van der Waals surface area contributed by atoms with Gasteiger partial charge in [0.25, 0.3) is 0 Å². The fraction of sp³-hybridized carbons (Fsp3) is 0.909. The molecule has 1 amide bonds. The van der Waals surface area contributed by atoms with Crippen molar-refractivity contribution >= 4 is 15.7 Å². The Labute approximate surface area is 103 Å². The summed E-state index contributed by atoms with van der Waals surface area (Å²) >= 11 is 0. The molecule has 5 nitrogen and oxygen atoms in total. The number of hydrogen-bond donors (Lipinski definition) is 1. The van der Waals surface area contributed by atoms with Gasteiger partial charge in [-0.05, 0) is 18.8 Å². The second-order valence-electron chi connectivity index (χ2n) is 5.10. The third-order valence-electron chi connectivity index (χ3n) is 2.79. The first-order chi connectivity index (χ1) is 7.79. The molecular formula is C11H22N2O3S. The molecule has 1 atom stereocenters. The molecule has 0 radical (unpaired) electrons. The molecule has 1 saturated heterocycles. The predicted molar refractivity (Wildman–Crippen MR) is 67.3 cm³/mol. The Morgan fingerprint density at radius 2 is 2.12 bits per heavy atom. The largest absolute Gasteiger partial charge is 0.326 e. The van der Waals surface area contributed by atoms with Gasteiger partial charge in [-0.15, -0.1) is 0 Å². The maximum absolute atomic E-state index is 11.6. The van der Waals surface area contributed by atoms with E-state index < -0.39 is 9.84 Å². The molecule has 1 rings (SSSR count). The van der Waals surface area contributed by atoms with Gasteiger partial charge in [-0.25, -0.2) is 8.42 Å². The van der Waals surface area contributed by atoms with Crippen LogP contribution < -0.4 is 5.32 Å². The van der Waals surface area contributed by atoms with E-state index in [1.54, 1.807) is 4.90 Å². The van der Waals surface area contributed by atoms with Gasteiger partial charge in [-0.2, -0.15) is 0 Å². The van der Waals surface area contributed by atoms with E-state index in [1.807, 2.05) is 0 Å².